The van der Waals surface area contributed by atoms with Crippen LogP contribution in [0.15, 0.2) is 48.5 Å². The van der Waals surface area contributed by atoms with Crippen LogP contribution in [0.5, 0.6) is 5.75 Å². The molecule has 0 saturated carbocycles. The fraction of sp³-hybridized carbons (Fsp3) is 0.150. The van der Waals surface area contributed by atoms with Gasteiger partial charge in [-0.1, -0.05) is 12.1 Å². The van der Waals surface area contributed by atoms with Crippen molar-refractivity contribution in [2.45, 2.75) is 12.3 Å². The first-order valence-electron chi connectivity index (χ1n) is 8.42. The number of hydrogen-bond donors (Lipinski definition) is 3. The molecule has 7 nitrogen and oxygen atoms in total. The van der Waals surface area contributed by atoms with E-state index in [0.29, 0.717) is 5.82 Å². The van der Waals surface area contributed by atoms with Crippen LogP contribution in [0, 0.1) is 0 Å². The molecule has 3 N–H and O–H groups in total. The molecule has 7 heteroatoms. The van der Waals surface area contributed by atoms with Gasteiger partial charge in [-0.2, -0.15) is 5.10 Å². The largest absolute Gasteiger partial charge is 0.497 e. The summed E-state index contributed by atoms with van der Waals surface area (Å²) < 4.78 is 5.20. The predicted molar refractivity (Wildman–Crippen MR) is 99.1 cm³/mol. The number of aromatic carboxylic acids is 1. The number of aromatic nitrogens is 2. The molecule has 0 spiro atoms. The van der Waals surface area contributed by atoms with Crippen LogP contribution < -0.4 is 10.1 Å². The number of anilines is 1. The van der Waals surface area contributed by atoms with E-state index in [9.17, 15) is 14.7 Å². The number of carboxylic acids is 1. The quantitative estimate of drug-likeness (QED) is 0.660. The van der Waals surface area contributed by atoms with E-state index in [1.165, 1.54) is 6.07 Å². The van der Waals surface area contributed by atoms with Crippen LogP contribution in [0.4, 0.5) is 5.82 Å². The molecular formula is C20H17N3O4. The van der Waals surface area contributed by atoms with Crippen molar-refractivity contribution in [2.24, 2.45) is 0 Å². The van der Waals surface area contributed by atoms with E-state index in [2.05, 4.69) is 15.5 Å². The molecule has 0 bridgehead atoms. The van der Waals surface area contributed by atoms with Gasteiger partial charge < -0.3 is 15.2 Å². The molecule has 1 aliphatic heterocycles. The lowest BCUT2D eigenvalue weighted by Crippen LogP contribution is -2.23. The van der Waals surface area contributed by atoms with E-state index in [4.69, 9.17) is 4.74 Å². The highest BCUT2D eigenvalue weighted by Gasteiger charge is 2.32. The maximum Gasteiger partial charge on any atom is 0.335 e. The second kappa shape index (κ2) is 6.60. The Morgan fingerprint density at radius 2 is 2.00 bits per heavy atom. The zero-order valence-corrected chi connectivity index (χ0v) is 14.5. The Morgan fingerprint density at radius 3 is 2.70 bits per heavy atom. The minimum atomic E-state index is -1.00. The number of nitrogens with one attached hydrogen (secondary N) is 2. The number of carbonyl (C=O) groups excluding carboxylic acids is 1. The standard InChI is InChI=1S/C20H17N3O4/c1-27-14-7-5-11(6-8-14)18-17-15(10-16(24)21-19(17)23-22-18)12-3-2-4-13(9-12)20(25)26/h2-9,15H,10H2,1H3,(H,25,26)(H2,21,22,23,24). The van der Waals surface area contributed by atoms with E-state index in [-0.39, 0.29) is 23.8 Å². The van der Waals surface area contributed by atoms with Gasteiger partial charge in [0.15, 0.2) is 5.82 Å². The van der Waals surface area contributed by atoms with Gasteiger partial charge in [-0.3, -0.25) is 9.89 Å². The molecule has 3 aromatic rings. The number of hydrogen-bond acceptors (Lipinski definition) is 4. The van der Waals surface area contributed by atoms with E-state index >= 15 is 0 Å². The minimum absolute atomic E-state index is 0.152. The summed E-state index contributed by atoms with van der Waals surface area (Å²) in [6, 6.07) is 14.2. The van der Waals surface area contributed by atoms with Gasteiger partial charge in [0.25, 0.3) is 0 Å². The van der Waals surface area contributed by atoms with Crippen LogP contribution in [0.25, 0.3) is 11.3 Å². The molecule has 0 radical (unpaired) electrons. The summed E-state index contributed by atoms with van der Waals surface area (Å²) in [4.78, 5) is 23.5. The maximum atomic E-state index is 12.2. The van der Waals surface area contributed by atoms with Crippen LogP contribution in [-0.4, -0.2) is 34.3 Å². The number of methoxy groups -OCH3 is 1. The number of ether oxygens (including phenoxy) is 1. The third kappa shape index (κ3) is 3.03. The molecule has 0 fully saturated rings. The first-order valence-corrected chi connectivity index (χ1v) is 8.42. The fourth-order valence-corrected chi connectivity index (χ4v) is 3.41. The zero-order chi connectivity index (χ0) is 19.0. The van der Waals surface area contributed by atoms with E-state index in [1.807, 2.05) is 30.3 Å². The number of rotatable bonds is 4. The lowest BCUT2D eigenvalue weighted by atomic mass is 9.84. The lowest BCUT2D eigenvalue weighted by molar-refractivity contribution is -0.116. The first kappa shape index (κ1) is 16.8. The number of aromatic amines is 1. The minimum Gasteiger partial charge on any atom is -0.497 e. The number of H-pyrrole nitrogens is 1. The maximum absolute atomic E-state index is 12.2. The van der Waals surface area contributed by atoms with Gasteiger partial charge in [-0.25, -0.2) is 4.79 Å². The topological polar surface area (TPSA) is 104 Å². The average molecular weight is 363 g/mol. The summed E-state index contributed by atoms with van der Waals surface area (Å²) in [5, 5.41) is 19.3. The molecule has 27 heavy (non-hydrogen) atoms. The Balaban J connectivity index is 1.83. The van der Waals surface area contributed by atoms with Crippen molar-refractivity contribution in [3.8, 4) is 17.0 Å². The molecule has 1 aromatic heterocycles. The smallest absolute Gasteiger partial charge is 0.335 e. The SMILES string of the molecule is COc1ccc(-c2[nH]nc3c2C(c2cccc(C(=O)O)c2)CC(=O)N3)cc1. The van der Waals surface area contributed by atoms with Crippen molar-refractivity contribution in [1.82, 2.24) is 10.2 Å². The summed E-state index contributed by atoms with van der Waals surface area (Å²) >= 11 is 0. The summed E-state index contributed by atoms with van der Waals surface area (Å²) in [5.74, 6) is -0.223. The number of fused-ring (bicyclic) bond motifs is 1. The highest BCUT2D eigenvalue weighted by molar-refractivity contribution is 5.96. The van der Waals surface area contributed by atoms with Crippen molar-refractivity contribution < 1.29 is 19.4 Å². The van der Waals surface area contributed by atoms with Crippen molar-refractivity contribution in [1.29, 1.82) is 0 Å². The van der Waals surface area contributed by atoms with Gasteiger partial charge in [0, 0.05) is 23.5 Å². The highest BCUT2D eigenvalue weighted by Crippen LogP contribution is 2.42. The molecule has 2 aromatic carbocycles. The van der Waals surface area contributed by atoms with Gasteiger partial charge in [0.1, 0.15) is 5.75 Å². The fourth-order valence-electron chi connectivity index (χ4n) is 3.41. The van der Waals surface area contributed by atoms with Gasteiger partial charge in [0.2, 0.25) is 5.91 Å². The Kier molecular flexibility index (Phi) is 4.12. The predicted octanol–water partition coefficient (Wildman–Crippen LogP) is 3.26. The molecule has 136 valence electrons. The van der Waals surface area contributed by atoms with Crippen molar-refractivity contribution >= 4 is 17.7 Å². The van der Waals surface area contributed by atoms with Crippen LogP contribution >= 0.6 is 0 Å². The summed E-state index contributed by atoms with van der Waals surface area (Å²) in [6.07, 6.45) is 0.221. The summed E-state index contributed by atoms with van der Waals surface area (Å²) in [6.45, 7) is 0. The number of carboxylic acid groups (broad SMARTS) is 1. The Morgan fingerprint density at radius 1 is 1.22 bits per heavy atom. The molecule has 1 atom stereocenters. The number of benzene rings is 2. The zero-order valence-electron chi connectivity index (χ0n) is 14.5. The number of carbonyl (C=O) groups is 2. The highest BCUT2D eigenvalue weighted by atomic mass is 16.5. The number of amides is 1. The first-order chi connectivity index (χ1) is 13.1. The van der Waals surface area contributed by atoms with Gasteiger partial charge in [-0.05, 0) is 42.0 Å². The molecule has 0 saturated heterocycles. The third-order valence-electron chi connectivity index (χ3n) is 4.71. The average Bonchev–Trinajstić information content (AvgIpc) is 3.11. The molecule has 1 aliphatic rings. The van der Waals surface area contributed by atoms with E-state index in [0.717, 1.165) is 28.1 Å². The molecule has 1 unspecified atom stereocenters. The van der Waals surface area contributed by atoms with Crippen molar-refractivity contribution in [3.63, 3.8) is 0 Å². The van der Waals surface area contributed by atoms with Crippen molar-refractivity contribution in [2.75, 3.05) is 12.4 Å². The Labute approximate surface area is 155 Å². The third-order valence-corrected chi connectivity index (χ3v) is 4.71. The monoisotopic (exact) mass is 363 g/mol. The Hall–Kier alpha value is -3.61. The Bertz CT molecular complexity index is 1020. The summed E-state index contributed by atoms with van der Waals surface area (Å²) in [5.41, 5.74) is 3.50. The molecule has 0 aliphatic carbocycles. The van der Waals surface area contributed by atoms with Gasteiger partial charge in [-0.15, -0.1) is 0 Å². The van der Waals surface area contributed by atoms with Crippen LogP contribution in [0.2, 0.25) is 0 Å². The van der Waals surface area contributed by atoms with Crippen LogP contribution in [0.1, 0.15) is 33.8 Å². The molecule has 2 heterocycles. The van der Waals surface area contributed by atoms with Crippen LogP contribution in [-0.2, 0) is 4.79 Å². The van der Waals surface area contributed by atoms with Crippen LogP contribution in [0.3, 0.4) is 0 Å². The second-order valence-electron chi connectivity index (χ2n) is 6.32. The van der Waals surface area contributed by atoms with Crippen molar-refractivity contribution in [3.05, 3.63) is 65.2 Å². The lowest BCUT2D eigenvalue weighted by Gasteiger charge is -2.23. The van der Waals surface area contributed by atoms with Gasteiger partial charge >= 0.3 is 5.97 Å². The second-order valence-corrected chi connectivity index (χ2v) is 6.32. The number of nitrogens with zero attached hydrogens (tertiary/aromatic N) is 1. The normalized spacial score (nSPS) is 15.7. The molecule has 4 rings (SSSR count). The van der Waals surface area contributed by atoms with Gasteiger partial charge in [0.05, 0.1) is 18.4 Å². The van der Waals surface area contributed by atoms with E-state index in [1.54, 1.807) is 19.2 Å². The van der Waals surface area contributed by atoms with E-state index < -0.39 is 5.97 Å². The summed E-state index contributed by atoms with van der Waals surface area (Å²) in [7, 11) is 1.61. The molecular weight excluding hydrogens is 346 g/mol. The molecule has 1 amide bonds.